The van der Waals surface area contributed by atoms with Crippen LogP contribution < -0.4 is 9.47 Å². The van der Waals surface area contributed by atoms with Crippen LogP contribution in [0.15, 0.2) is 48.5 Å². The maximum absolute atomic E-state index is 13.4. The van der Waals surface area contributed by atoms with Crippen LogP contribution in [0.1, 0.15) is 17.7 Å². The number of halogens is 1. The lowest BCUT2D eigenvalue weighted by Gasteiger charge is -2.18. The van der Waals surface area contributed by atoms with E-state index in [2.05, 4.69) is 10.2 Å². The summed E-state index contributed by atoms with van der Waals surface area (Å²) in [6, 6.07) is 13.7. The molecule has 0 aliphatic heterocycles. The highest BCUT2D eigenvalue weighted by Gasteiger charge is 2.14. The number of carbonyl (C=O) groups is 1. The summed E-state index contributed by atoms with van der Waals surface area (Å²) in [4.78, 5) is 14.3. The zero-order chi connectivity index (χ0) is 21.5. The number of H-pyrrole nitrogens is 1. The number of methoxy groups -OCH3 is 2. The average Bonchev–Trinajstić information content (AvgIpc) is 3.23. The molecular formula is C23H26FN3O3. The maximum atomic E-state index is 13.4. The van der Waals surface area contributed by atoms with Crippen LogP contribution in [0, 0.1) is 5.82 Å². The highest BCUT2D eigenvalue weighted by molar-refractivity contribution is 5.79. The summed E-state index contributed by atoms with van der Waals surface area (Å²) in [6.45, 7) is 0.617. The molecule has 0 bridgehead atoms. The molecule has 7 heteroatoms. The van der Waals surface area contributed by atoms with E-state index in [4.69, 9.17) is 9.47 Å². The summed E-state index contributed by atoms with van der Waals surface area (Å²) in [7, 11) is 4.96. The van der Waals surface area contributed by atoms with Crippen LogP contribution >= 0.6 is 0 Å². The van der Waals surface area contributed by atoms with Crippen molar-refractivity contribution in [2.24, 2.45) is 0 Å². The van der Waals surface area contributed by atoms with Gasteiger partial charge in [0.1, 0.15) is 17.3 Å². The van der Waals surface area contributed by atoms with Crippen molar-refractivity contribution in [1.82, 2.24) is 15.1 Å². The summed E-state index contributed by atoms with van der Waals surface area (Å²) in [5, 5.41) is 7.24. The molecule has 30 heavy (non-hydrogen) atoms. The second-order valence-corrected chi connectivity index (χ2v) is 7.06. The number of nitrogens with one attached hydrogen (secondary N) is 1. The Bertz CT molecular complexity index is 1000. The van der Waals surface area contributed by atoms with Crippen molar-refractivity contribution in [3.63, 3.8) is 0 Å². The number of ether oxygens (including phenoxy) is 2. The zero-order valence-electron chi connectivity index (χ0n) is 17.4. The van der Waals surface area contributed by atoms with E-state index in [0.717, 1.165) is 29.7 Å². The number of amides is 1. The molecule has 0 saturated carbocycles. The van der Waals surface area contributed by atoms with E-state index < -0.39 is 0 Å². The molecule has 0 spiro atoms. The van der Waals surface area contributed by atoms with Gasteiger partial charge in [0.2, 0.25) is 5.91 Å². The SMILES string of the molecule is COc1ccc(CC(=O)N(C)CCCc2cc(-c3cccc(F)c3)n[nH]2)c(OC)c1. The van der Waals surface area contributed by atoms with E-state index >= 15 is 0 Å². The first-order chi connectivity index (χ1) is 14.5. The molecule has 0 radical (unpaired) electrons. The van der Waals surface area contributed by atoms with E-state index in [-0.39, 0.29) is 18.1 Å². The quantitative estimate of drug-likeness (QED) is 0.581. The molecule has 3 aromatic rings. The maximum Gasteiger partial charge on any atom is 0.226 e. The van der Waals surface area contributed by atoms with Crippen molar-refractivity contribution >= 4 is 5.91 Å². The minimum absolute atomic E-state index is 0.0172. The van der Waals surface area contributed by atoms with Gasteiger partial charge in [0.05, 0.1) is 26.3 Å². The number of hydrogen-bond donors (Lipinski definition) is 1. The van der Waals surface area contributed by atoms with Gasteiger partial charge in [-0.15, -0.1) is 0 Å². The number of aromatic amines is 1. The Morgan fingerprint density at radius 1 is 1.13 bits per heavy atom. The van der Waals surface area contributed by atoms with E-state index in [1.54, 1.807) is 38.3 Å². The zero-order valence-corrected chi connectivity index (χ0v) is 17.4. The number of hydrogen-bond acceptors (Lipinski definition) is 4. The van der Waals surface area contributed by atoms with E-state index in [1.807, 2.05) is 24.3 Å². The minimum Gasteiger partial charge on any atom is -0.497 e. The summed E-state index contributed by atoms with van der Waals surface area (Å²) in [6.07, 6.45) is 1.79. The molecular weight excluding hydrogens is 385 g/mol. The fourth-order valence-electron chi connectivity index (χ4n) is 3.21. The second-order valence-electron chi connectivity index (χ2n) is 7.06. The first kappa shape index (κ1) is 21.4. The van der Waals surface area contributed by atoms with Crippen LogP contribution in [0.5, 0.6) is 11.5 Å². The predicted molar refractivity (Wildman–Crippen MR) is 113 cm³/mol. The van der Waals surface area contributed by atoms with E-state index in [9.17, 15) is 9.18 Å². The molecule has 0 aliphatic carbocycles. The molecule has 2 aromatic carbocycles. The molecule has 158 valence electrons. The first-order valence-electron chi connectivity index (χ1n) is 9.75. The van der Waals surface area contributed by atoms with Gasteiger partial charge in [-0.1, -0.05) is 18.2 Å². The second kappa shape index (κ2) is 9.91. The lowest BCUT2D eigenvalue weighted by atomic mass is 10.1. The third-order valence-electron chi connectivity index (χ3n) is 4.95. The van der Waals surface area contributed by atoms with Gasteiger partial charge in [-0.2, -0.15) is 5.10 Å². The minimum atomic E-state index is -0.286. The number of carbonyl (C=O) groups excluding carboxylic acids is 1. The van der Waals surface area contributed by atoms with Gasteiger partial charge < -0.3 is 14.4 Å². The van der Waals surface area contributed by atoms with Crippen molar-refractivity contribution < 1.29 is 18.7 Å². The summed E-state index contributed by atoms with van der Waals surface area (Å²) in [5.41, 5.74) is 3.22. The van der Waals surface area contributed by atoms with Crippen LogP contribution in [0.4, 0.5) is 4.39 Å². The van der Waals surface area contributed by atoms with Gasteiger partial charge >= 0.3 is 0 Å². The fraction of sp³-hybridized carbons (Fsp3) is 0.304. The van der Waals surface area contributed by atoms with Gasteiger partial charge in [0, 0.05) is 36.5 Å². The van der Waals surface area contributed by atoms with E-state index in [0.29, 0.717) is 23.7 Å². The fourth-order valence-corrected chi connectivity index (χ4v) is 3.21. The summed E-state index contributed by atoms with van der Waals surface area (Å²) in [5.74, 6) is 1.06. The molecule has 0 unspecified atom stereocenters. The Morgan fingerprint density at radius 2 is 1.97 bits per heavy atom. The third-order valence-corrected chi connectivity index (χ3v) is 4.95. The van der Waals surface area contributed by atoms with Gasteiger partial charge in [-0.3, -0.25) is 9.89 Å². The third kappa shape index (κ3) is 5.37. The normalized spacial score (nSPS) is 10.7. The number of aryl methyl sites for hydroxylation is 1. The predicted octanol–water partition coefficient (Wildman–Crippen LogP) is 3.87. The molecule has 6 nitrogen and oxygen atoms in total. The van der Waals surface area contributed by atoms with E-state index in [1.165, 1.54) is 12.1 Å². The molecule has 0 aliphatic rings. The molecule has 0 atom stereocenters. The van der Waals surface area contributed by atoms with Crippen LogP contribution in [0.2, 0.25) is 0 Å². The van der Waals surface area contributed by atoms with Crippen molar-refractivity contribution in [3.05, 3.63) is 65.6 Å². The monoisotopic (exact) mass is 411 g/mol. The number of rotatable bonds is 9. The number of benzene rings is 2. The highest BCUT2D eigenvalue weighted by atomic mass is 19.1. The van der Waals surface area contributed by atoms with Gasteiger partial charge in [-0.05, 0) is 37.1 Å². The molecule has 1 aromatic heterocycles. The first-order valence-corrected chi connectivity index (χ1v) is 9.75. The van der Waals surface area contributed by atoms with Gasteiger partial charge in [0.15, 0.2) is 0 Å². The van der Waals surface area contributed by atoms with Crippen LogP contribution in [-0.4, -0.2) is 48.8 Å². The lowest BCUT2D eigenvalue weighted by Crippen LogP contribution is -2.29. The van der Waals surface area contributed by atoms with Crippen LogP contribution in [0.25, 0.3) is 11.3 Å². The van der Waals surface area contributed by atoms with Gasteiger partial charge in [0.25, 0.3) is 0 Å². The molecule has 3 rings (SSSR count). The standard InChI is InChI=1S/C23H26FN3O3/c1-27(23(28)13-17-9-10-20(29-2)15-22(17)30-3)11-5-8-19-14-21(26-25-19)16-6-4-7-18(24)12-16/h4,6-7,9-10,12,14-15H,5,8,11,13H2,1-3H3,(H,25,26). The number of nitrogens with zero attached hydrogens (tertiary/aromatic N) is 2. The Hall–Kier alpha value is -3.35. The Labute approximate surface area is 175 Å². The summed E-state index contributed by atoms with van der Waals surface area (Å²) < 4.78 is 23.9. The van der Waals surface area contributed by atoms with Crippen LogP contribution in [0.3, 0.4) is 0 Å². The molecule has 0 fully saturated rings. The average molecular weight is 411 g/mol. The Balaban J connectivity index is 1.51. The number of likely N-dealkylation sites (N-methyl/N-ethyl adjacent to an activating group) is 1. The molecule has 1 amide bonds. The Morgan fingerprint density at radius 3 is 2.70 bits per heavy atom. The van der Waals surface area contributed by atoms with Crippen molar-refractivity contribution in [2.45, 2.75) is 19.3 Å². The molecule has 1 heterocycles. The number of aromatic nitrogens is 2. The van der Waals surface area contributed by atoms with Crippen molar-refractivity contribution in [1.29, 1.82) is 0 Å². The molecule has 1 N–H and O–H groups in total. The largest absolute Gasteiger partial charge is 0.497 e. The topological polar surface area (TPSA) is 67.5 Å². The lowest BCUT2D eigenvalue weighted by molar-refractivity contribution is -0.129. The molecule has 0 saturated heterocycles. The van der Waals surface area contributed by atoms with Gasteiger partial charge in [-0.25, -0.2) is 4.39 Å². The van der Waals surface area contributed by atoms with Crippen molar-refractivity contribution in [2.75, 3.05) is 27.8 Å². The van der Waals surface area contributed by atoms with Crippen molar-refractivity contribution in [3.8, 4) is 22.8 Å². The Kier molecular flexibility index (Phi) is 7.06. The highest BCUT2D eigenvalue weighted by Crippen LogP contribution is 2.25. The van der Waals surface area contributed by atoms with Crippen LogP contribution in [-0.2, 0) is 17.6 Å². The summed E-state index contributed by atoms with van der Waals surface area (Å²) >= 11 is 0. The smallest absolute Gasteiger partial charge is 0.226 e.